The lowest BCUT2D eigenvalue weighted by molar-refractivity contribution is -0.156. The zero-order valence-electron chi connectivity index (χ0n) is 13.9. The van der Waals surface area contributed by atoms with Crippen molar-refractivity contribution in [3.8, 4) is 5.75 Å². The summed E-state index contributed by atoms with van der Waals surface area (Å²) in [4.78, 5) is 34.9. The summed E-state index contributed by atoms with van der Waals surface area (Å²) in [6.45, 7) is 5.16. The van der Waals surface area contributed by atoms with Gasteiger partial charge in [0.1, 0.15) is 17.8 Å². The first kappa shape index (κ1) is 18.6. The number of carbonyl (C=O) groups is 3. The third kappa shape index (κ3) is 7.95. The van der Waals surface area contributed by atoms with E-state index in [1.165, 1.54) is 6.08 Å². The fourth-order valence-corrected chi connectivity index (χ4v) is 1.76. The Morgan fingerprint density at radius 3 is 2.17 bits per heavy atom. The molecule has 0 saturated carbocycles. The molecule has 0 radical (unpaired) electrons. The molecule has 0 aliphatic carbocycles. The largest absolute Gasteiger partial charge is 0.497 e. The molecule has 0 amide bonds. The van der Waals surface area contributed by atoms with Crippen LogP contribution in [0, 0.1) is 0 Å². The van der Waals surface area contributed by atoms with Crippen LogP contribution in [0.1, 0.15) is 39.2 Å². The third-order valence-corrected chi connectivity index (χ3v) is 2.71. The quantitative estimate of drug-likeness (QED) is 0.439. The number of hydrogen-bond acceptors (Lipinski definition) is 5. The predicted molar refractivity (Wildman–Crippen MR) is 87.1 cm³/mol. The van der Waals surface area contributed by atoms with Gasteiger partial charge in [0.25, 0.3) is 0 Å². The van der Waals surface area contributed by atoms with Crippen LogP contribution >= 0.6 is 0 Å². The Kier molecular flexibility index (Phi) is 6.69. The Bertz CT molecular complexity index is 591. The van der Waals surface area contributed by atoms with Crippen LogP contribution in [0.4, 0.5) is 0 Å². The molecule has 1 rings (SSSR count). The van der Waals surface area contributed by atoms with Gasteiger partial charge in [0.15, 0.2) is 11.6 Å². The van der Waals surface area contributed by atoms with Gasteiger partial charge in [-0.1, -0.05) is 18.2 Å². The van der Waals surface area contributed by atoms with Gasteiger partial charge < -0.3 is 9.47 Å². The van der Waals surface area contributed by atoms with Crippen molar-refractivity contribution < 1.29 is 23.9 Å². The Hall–Kier alpha value is -2.43. The van der Waals surface area contributed by atoms with E-state index >= 15 is 0 Å². The lowest BCUT2D eigenvalue weighted by Crippen LogP contribution is -2.25. The van der Waals surface area contributed by atoms with Crippen LogP contribution in [0.3, 0.4) is 0 Å². The highest BCUT2D eigenvalue weighted by molar-refractivity contribution is 6.10. The zero-order valence-corrected chi connectivity index (χ0v) is 13.9. The lowest BCUT2D eigenvalue weighted by atomic mass is 10.1. The van der Waals surface area contributed by atoms with Gasteiger partial charge in [0, 0.05) is 0 Å². The summed E-state index contributed by atoms with van der Waals surface area (Å²) in [6.07, 6.45) is 2.24. The zero-order chi connectivity index (χ0) is 17.5. The van der Waals surface area contributed by atoms with Crippen LogP contribution < -0.4 is 4.74 Å². The van der Waals surface area contributed by atoms with Gasteiger partial charge in [-0.2, -0.15) is 0 Å². The molecule has 0 spiro atoms. The first-order valence-electron chi connectivity index (χ1n) is 7.28. The van der Waals surface area contributed by atoms with Crippen LogP contribution in [0.15, 0.2) is 30.3 Å². The van der Waals surface area contributed by atoms with E-state index in [2.05, 4.69) is 0 Å². The summed E-state index contributed by atoms with van der Waals surface area (Å²) in [6, 6.07) is 7.14. The maximum atomic E-state index is 11.7. The SMILES string of the molecule is COc1ccc(/C=C/C(=O)CC(=O)CC(=O)OC(C)(C)C)cc1. The normalized spacial score (nSPS) is 11.3. The van der Waals surface area contributed by atoms with Gasteiger partial charge in [-0.15, -0.1) is 0 Å². The van der Waals surface area contributed by atoms with E-state index in [1.54, 1.807) is 58.2 Å². The van der Waals surface area contributed by atoms with E-state index in [9.17, 15) is 14.4 Å². The van der Waals surface area contributed by atoms with Crippen molar-refractivity contribution in [2.45, 2.75) is 39.2 Å². The molecule has 0 unspecified atom stereocenters. The Balaban J connectivity index is 2.47. The summed E-state index contributed by atoms with van der Waals surface area (Å²) in [5.41, 5.74) is 0.175. The molecule has 0 N–H and O–H groups in total. The average molecular weight is 318 g/mol. The smallest absolute Gasteiger partial charge is 0.313 e. The third-order valence-electron chi connectivity index (χ3n) is 2.71. The van der Waals surface area contributed by atoms with Crippen LogP contribution in [-0.4, -0.2) is 30.2 Å². The van der Waals surface area contributed by atoms with Gasteiger partial charge in [-0.05, 0) is 44.5 Å². The highest BCUT2D eigenvalue weighted by Gasteiger charge is 2.19. The summed E-state index contributed by atoms with van der Waals surface area (Å²) in [5, 5.41) is 0. The lowest BCUT2D eigenvalue weighted by Gasteiger charge is -2.18. The average Bonchev–Trinajstić information content (AvgIpc) is 2.43. The van der Waals surface area contributed by atoms with Crippen LogP contribution in [0.25, 0.3) is 6.08 Å². The van der Waals surface area contributed by atoms with Gasteiger partial charge in [0.05, 0.1) is 13.5 Å². The molecule has 0 aliphatic rings. The molecule has 0 atom stereocenters. The molecule has 0 bridgehead atoms. The molecule has 0 saturated heterocycles. The molecule has 0 aromatic heterocycles. The first-order valence-corrected chi connectivity index (χ1v) is 7.28. The number of methoxy groups -OCH3 is 1. The van der Waals surface area contributed by atoms with E-state index in [1.807, 2.05) is 0 Å². The van der Waals surface area contributed by atoms with Gasteiger partial charge >= 0.3 is 5.97 Å². The molecule has 5 nitrogen and oxygen atoms in total. The highest BCUT2D eigenvalue weighted by atomic mass is 16.6. The van der Waals surface area contributed by atoms with Gasteiger partial charge in [-0.25, -0.2) is 0 Å². The molecule has 1 aromatic carbocycles. The molecule has 0 aliphatic heterocycles. The fraction of sp³-hybridized carbons (Fsp3) is 0.389. The first-order chi connectivity index (χ1) is 10.7. The number of ether oxygens (including phenoxy) is 2. The maximum Gasteiger partial charge on any atom is 0.313 e. The number of carbonyl (C=O) groups excluding carboxylic acids is 3. The Labute approximate surface area is 136 Å². The van der Waals surface area contributed by atoms with Gasteiger partial charge in [0.2, 0.25) is 0 Å². The number of benzene rings is 1. The molecule has 23 heavy (non-hydrogen) atoms. The number of esters is 1. The summed E-state index contributed by atoms with van der Waals surface area (Å²) >= 11 is 0. The fourth-order valence-electron chi connectivity index (χ4n) is 1.76. The van der Waals surface area contributed by atoms with Crippen molar-refractivity contribution in [1.82, 2.24) is 0 Å². The van der Waals surface area contributed by atoms with E-state index in [-0.39, 0.29) is 18.6 Å². The number of hydrogen-bond donors (Lipinski definition) is 0. The van der Waals surface area contributed by atoms with Crippen LogP contribution in [0.5, 0.6) is 5.75 Å². The molecular formula is C18H22O5. The molecule has 0 heterocycles. The standard InChI is InChI=1S/C18H22O5/c1-18(2,3)23-17(21)12-15(20)11-14(19)8-5-13-6-9-16(22-4)10-7-13/h5-10H,11-12H2,1-4H3/b8-5+. The van der Waals surface area contributed by atoms with Crippen molar-refractivity contribution in [3.63, 3.8) is 0 Å². The maximum absolute atomic E-state index is 11.7. The second-order valence-electron chi connectivity index (χ2n) is 6.05. The van der Waals surface area contributed by atoms with Crippen molar-refractivity contribution in [3.05, 3.63) is 35.9 Å². The molecule has 5 heteroatoms. The van der Waals surface area contributed by atoms with Crippen molar-refractivity contribution in [1.29, 1.82) is 0 Å². The second kappa shape index (κ2) is 8.27. The monoisotopic (exact) mass is 318 g/mol. The summed E-state index contributed by atoms with van der Waals surface area (Å²) < 4.78 is 10.1. The molecule has 1 aromatic rings. The number of Topliss-reactive ketones (excluding diaryl/α,β-unsaturated/α-hetero) is 1. The van der Waals surface area contributed by atoms with Gasteiger partial charge in [-0.3, -0.25) is 14.4 Å². The van der Waals surface area contributed by atoms with Crippen molar-refractivity contribution in [2.24, 2.45) is 0 Å². The Morgan fingerprint density at radius 1 is 1.04 bits per heavy atom. The van der Waals surface area contributed by atoms with Crippen LogP contribution in [0.2, 0.25) is 0 Å². The minimum Gasteiger partial charge on any atom is -0.497 e. The van der Waals surface area contributed by atoms with Crippen molar-refractivity contribution in [2.75, 3.05) is 7.11 Å². The minimum atomic E-state index is -0.643. The van der Waals surface area contributed by atoms with E-state index in [0.717, 1.165) is 11.3 Å². The van der Waals surface area contributed by atoms with E-state index in [0.29, 0.717) is 0 Å². The molecule has 124 valence electrons. The van der Waals surface area contributed by atoms with E-state index < -0.39 is 17.4 Å². The number of rotatable bonds is 7. The van der Waals surface area contributed by atoms with Crippen molar-refractivity contribution >= 4 is 23.6 Å². The van der Waals surface area contributed by atoms with E-state index in [4.69, 9.17) is 9.47 Å². The second-order valence-corrected chi connectivity index (χ2v) is 6.05. The Morgan fingerprint density at radius 2 is 1.65 bits per heavy atom. The summed E-state index contributed by atoms with van der Waals surface area (Å²) in [5.74, 6) is -0.701. The minimum absolute atomic E-state index is 0.314. The van der Waals surface area contributed by atoms with Crippen LogP contribution in [-0.2, 0) is 19.1 Å². The molecular weight excluding hydrogens is 296 g/mol. The highest BCUT2D eigenvalue weighted by Crippen LogP contribution is 2.12. The topological polar surface area (TPSA) is 69.7 Å². The number of ketones is 2. The number of allylic oxidation sites excluding steroid dienone is 1. The molecule has 0 fully saturated rings. The summed E-state index contributed by atoms with van der Waals surface area (Å²) in [7, 11) is 1.57. The predicted octanol–water partition coefficient (Wildman–Crippen LogP) is 2.97.